The smallest absolute Gasteiger partial charge is 0.343 e. The molecule has 0 radical (unpaired) electrons. The lowest BCUT2D eigenvalue weighted by Gasteiger charge is -2.14. The van der Waals surface area contributed by atoms with Gasteiger partial charge in [0.25, 0.3) is 0 Å². The molecule has 0 amide bonds. The fourth-order valence-corrected chi connectivity index (χ4v) is 5.21. The van der Waals surface area contributed by atoms with Crippen LogP contribution in [-0.2, 0) is 28.6 Å². The van der Waals surface area contributed by atoms with Gasteiger partial charge in [-0.3, -0.25) is 0 Å². The van der Waals surface area contributed by atoms with Gasteiger partial charge in [-0.1, -0.05) is 44.0 Å². The highest BCUT2D eigenvalue weighted by atomic mass is 16.7. The predicted octanol–water partition coefficient (Wildman–Crippen LogP) is 8.65. The zero-order chi connectivity index (χ0) is 42.8. The summed E-state index contributed by atoms with van der Waals surface area (Å²) in [6.45, 7) is 11.8. The lowest BCUT2D eigenvalue weighted by Crippen LogP contribution is -2.11. The van der Waals surface area contributed by atoms with Crippen LogP contribution in [0, 0.1) is 0 Å². The van der Waals surface area contributed by atoms with Crippen LogP contribution in [-0.4, -0.2) is 70.3 Å². The number of carbonyl (C=O) groups is 4. The van der Waals surface area contributed by atoms with Crippen molar-refractivity contribution in [1.29, 1.82) is 0 Å². The van der Waals surface area contributed by atoms with E-state index in [1.165, 1.54) is 12.1 Å². The Labute approximate surface area is 350 Å². The van der Waals surface area contributed by atoms with E-state index in [2.05, 4.69) is 19.7 Å². The van der Waals surface area contributed by atoms with Crippen molar-refractivity contribution < 1.29 is 61.8 Å². The van der Waals surface area contributed by atoms with Crippen LogP contribution in [0.4, 0.5) is 0 Å². The van der Waals surface area contributed by atoms with Gasteiger partial charge in [-0.15, -0.1) is 0 Å². The lowest BCUT2D eigenvalue weighted by atomic mass is 10.1. The maximum absolute atomic E-state index is 13.2. The van der Waals surface area contributed by atoms with E-state index in [1.54, 1.807) is 24.3 Å². The summed E-state index contributed by atoms with van der Waals surface area (Å²) >= 11 is 0. The largest absolute Gasteiger partial charge is 0.494 e. The second kappa shape index (κ2) is 26.1. The van der Waals surface area contributed by atoms with Gasteiger partial charge >= 0.3 is 23.9 Å². The summed E-state index contributed by atoms with van der Waals surface area (Å²) in [6.07, 6.45) is 7.78. The van der Waals surface area contributed by atoms with Crippen molar-refractivity contribution in [3.63, 3.8) is 0 Å². The highest BCUT2D eigenvalue weighted by Gasteiger charge is 2.15. The number of hydrogen-bond donors (Lipinski definition) is 0. The Hall–Kier alpha value is -7.02. The number of carbonyl (C=O) groups excluding carboxylic acids is 4. The van der Waals surface area contributed by atoms with Gasteiger partial charge in [-0.25, -0.2) is 19.2 Å². The molecule has 0 unspecified atom stereocenters. The Kier molecular flexibility index (Phi) is 19.9. The summed E-state index contributed by atoms with van der Waals surface area (Å²) in [4.78, 5) is 46.8. The fourth-order valence-electron chi connectivity index (χ4n) is 5.21. The highest BCUT2D eigenvalue weighted by molar-refractivity contribution is 5.92. The molecule has 0 aliphatic carbocycles. The van der Waals surface area contributed by atoms with Crippen molar-refractivity contribution in [2.75, 3.05) is 46.4 Å². The van der Waals surface area contributed by atoms with Crippen molar-refractivity contribution in [2.24, 2.45) is 0 Å². The van der Waals surface area contributed by atoms with Crippen LogP contribution in [0.3, 0.4) is 0 Å². The molecule has 4 aromatic rings. The maximum Gasteiger partial charge on any atom is 0.343 e. The third-order valence-electron chi connectivity index (χ3n) is 8.34. The van der Waals surface area contributed by atoms with Gasteiger partial charge in [0.05, 0.1) is 45.2 Å². The van der Waals surface area contributed by atoms with Crippen molar-refractivity contribution in [3.05, 3.63) is 135 Å². The van der Waals surface area contributed by atoms with E-state index in [4.69, 9.17) is 42.6 Å². The van der Waals surface area contributed by atoms with E-state index in [-0.39, 0.29) is 38.8 Å². The predicted molar refractivity (Wildman–Crippen MR) is 223 cm³/mol. The summed E-state index contributed by atoms with van der Waals surface area (Å²) in [7, 11) is 0. The third kappa shape index (κ3) is 16.8. The SMILES string of the molecule is C=CC(=O)OCCCCCCOc1ccc(OCOc2ccc(-c3ccc(OC(=O)c4ccc(OCCCOC(=O)C=C)c(OCCCOC(=O)C=C)c4)cc3)cc2)cc1. The average Bonchev–Trinajstić information content (AvgIpc) is 3.28. The summed E-state index contributed by atoms with van der Waals surface area (Å²) in [5.41, 5.74) is 2.06. The first-order valence-corrected chi connectivity index (χ1v) is 19.5. The minimum Gasteiger partial charge on any atom is -0.494 e. The molecule has 13 nitrogen and oxygen atoms in total. The molecule has 316 valence electrons. The van der Waals surface area contributed by atoms with Gasteiger partial charge < -0.3 is 42.6 Å². The minimum atomic E-state index is -0.603. The molecular formula is C47H50O13. The molecule has 0 N–H and O–H groups in total. The van der Waals surface area contributed by atoms with Crippen molar-refractivity contribution in [3.8, 4) is 45.6 Å². The van der Waals surface area contributed by atoms with E-state index in [0.717, 1.165) is 54.7 Å². The number of esters is 4. The van der Waals surface area contributed by atoms with Crippen LogP contribution in [0.25, 0.3) is 11.1 Å². The zero-order valence-corrected chi connectivity index (χ0v) is 33.5. The molecule has 13 heteroatoms. The third-order valence-corrected chi connectivity index (χ3v) is 8.34. The van der Waals surface area contributed by atoms with Crippen molar-refractivity contribution >= 4 is 23.9 Å². The van der Waals surface area contributed by atoms with Crippen LogP contribution in [0.2, 0.25) is 0 Å². The minimum absolute atomic E-state index is 0.0212. The number of hydrogen-bond acceptors (Lipinski definition) is 13. The van der Waals surface area contributed by atoms with Crippen LogP contribution >= 0.6 is 0 Å². The van der Waals surface area contributed by atoms with E-state index in [1.807, 2.05) is 60.7 Å². The number of unbranched alkanes of at least 4 members (excludes halogenated alkanes) is 3. The molecule has 4 rings (SSSR count). The molecule has 0 aliphatic heterocycles. The lowest BCUT2D eigenvalue weighted by molar-refractivity contribution is -0.138. The Morgan fingerprint density at radius 2 is 0.833 bits per heavy atom. The van der Waals surface area contributed by atoms with Gasteiger partial charge in [0.2, 0.25) is 6.79 Å². The van der Waals surface area contributed by atoms with Crippen molar-refractivity contribution in [2.45, 2.75) is 38.5 Å². The number of benzene rings is 4. The summed E-state index contributed by atoms with van der Waals surface area (Å²) in [6, 6.07) is 26.6. The first-order valence-electron chi connectivity index (χ1n) is 19.5. The molecule has 0 spiro atoms. The monoisotopic (exact) mass is 822 g/mol. The normalized spacial score (nSPS) is 10.3. The molecule has 4 aromatic carbocycles. The maximum atomic E-state index is 13.2. The van der Waals surface area contributed by atoms with E-state index < -0.39 is 23.9 Å². The van der Waals surface area contributed by atoms with E-state index in [9.17, 15) is 19.2 Å². The molecule has 0 fully saturated rings. The zero-order valence-electron chi connectivity index (χ0n) is 33.5. The standard InChI is InChI=1S/C47H50O13/c1-4-44(48)55-28-10-8-7-9-27-52-38-22-24-40(25-23-38)59-34-58-39-18-13-35(14-19-39)36-15-20-41(21-16-36)60-47(51)37-17-26-42(53-29-11-31-56-45(49)5-2)43(33-37)54-30-12-32-57-46(50)6-3/h4-6,13-26,33H,1-3,7-12,27-32,34H2. The van der Waals surface area contributed by atoms with Crippen LogP contribution in [0.5, 0.6) is 34.5 Å². The van der Waals surface area contributed by atoms with Gasteiger partial charge in [-0.2, -0.15) is 0 Å². The molecule has 0 atom stereocenters. The Bertz CT molecular complexity index is 1990. The van der Waals surface area contributed by atoms with Gasteiger partial charge in [-0.05, 0) is 104 Å². The molecule has 0 bridgehead atoms. The fraction of sp³-hybridized carbons (Fsp3) is 0.277. The summed E-state index contributed by atoms with van der Waals surface area (Å²) in [5.74, 6) is 0.986. The topological polar surface area (TPSA) is 151 Å². The Morgan fingerprint density at radius 3 is 1.35 bits per heavy atom. The molecular weight excluding hydrogens is 773 g/mol. The second-order valence-electron chi connectivity index (χ2n) is 12.8. The molecule has 0 saturated heterocycles. The molecule has 0 heterocycles. The first-order chi connectivity index (χ1) is 29.3. The molecule has 0 aromatic heterocycles. The number of ether oxygens (including phenoxy) is 9. The number of rotatable bonds is 28. The van der Waals surface area contributed by atoms with Gasteiger partial charge in [0.15, 0.2) is 11.5 Å². The van der Waals surface area contributed by atoms with E-state index >= 15 is 0 Å². The molecule has 0 saturated carbocycles. The van der Waals surface area contributed by atoms with Crippen LogP contribution in [0.15, 0.2) is 129 Å². The average molecular weight is 823 g/mol. The quantitative estimate of drug-likeness (QED) is 0.0134. The van der Waals surface area contributed by atoms with Crippen LogP contribution in [0.1, 0.15) is 48.9 Å². The summed E-state index contributed by atoms with van der Waals surface area (Å²) < 4.78 is 49.6. The molecule has 60 heavy (non-hydrogen) atoms. The van der Waals surface area contributed by atoms with Crippen LogP contribution < -0.4 is 28.4 Å². The van der Waals surface area contributed by atoms with Gasteiger partial charge in [0, 0.05) is 31.1 Å². The van der Waals surface area contributed by atoms with Gasteiger partial charge in [0.1, 0.15) is 23.0 Å². The van der Waals surface area contributed by atoms with Crippen molar-refractivity contribution in [1.82, 2.24) is 0 Å². The highest BCUT2D eigenvalue weighted by Crippen LogP contribution is 2.30. The first kappa shape index (κ1) is 45.7. The second-order valence-corrected chi connectivity index (χ2v) is 12.8. The Balaban J connectivity index is 1.21. The summed E-state index contributed by atoms with van der Waals surface area (Å²) in [5, 5.41) is 0. The Morgan fingerprint density at radius 1 is 0.417 bits per heavy atom. The molecule has 0 aliphatic rings. The van der Waals surface area contributed by atoms with E-state index in [0.29, 0.717) is 54.8 Å².